The van der Waals surface area contributed by atoms with Gasteiger partial charge in [-0.2, -0.15) is 0 Å². The highest BCUT2D eigenvalue weighted by Gasteiger charge is 2.61. The second-order valence-electron chi connectivity index (χ2n) is 6.35. The third-order valence-corrected chi connectivity index (χ3v) is 5.20. The number of rotatable bonds is 2. The Morgan fingerprint density at radius 2 is 2.06 bits per heavy atom. The number of carbonyl (C=O) groups excluding carboxylic acids is 1. The third-order valence-electron chi connectivity index (χ3n) is 4.70. The van der Waals surface area contributed by atoms with Gasteiger partial charge < -0.3 is 4.74 Å². The molecule has 0 heterocycles. The maximum Gasteiger partial charge on any atom is 0.318 e. The van der Waals surface area contributed by atoms with E-state index in [9.17, 15) is 4.79 Å². The van der Waals surface area contributed by atoms with Crippen LogP contribution in [0.5, 0.6) is 0 Å². The molecule has 16 heavy (non-hydrogen) atoms. The Balaban J connectivity index is 2.17. The van der Waals surface area contributed by atoms with Crippen molar-refractivity contribution >= 4 is 28.6 Å². The predicted molar refractivity (Wildman–Crippen MR) is 72.6 cm³/mol. The van der Waals surface area contributed by atoms with Crippen LogP contribution in [0.25, 0.3) is 0 Å². The average molecular weight is 336 g/mol. The molecule has 2 bridgehead atoms. The molecule has 0 radical (unpaired) electrons. The van der Waals surface area contributed by atoms with Crippen LogP contribution in [-0.2, 0) is 9.53 Å². The topological polar surface area (TPSA) is 26.3 Å². The Morgan fingerprint density at radius 3 is 2.50 bits per heavy atom. The quantitative estimate of drug-likeness (QED) is 0.438. The zero-order chi connectivity index (χ0) is 12.1. The van der Waals surface area contributed by atoms with E-state index < -0.39 is 0 Å². The first-order valence-corrected chi connectivity index (χ1v) is 7.36. The Labute approximate surface area is 112 Å². The van der Waals surface area contributed by atoms with Crippen LogP contribution in [0, 0.1) is 16.7 Å². The third kappa shape index (κ3) is 1.79. The van der Waals surface area contributed by atoms with Gasteiger partial charge in [0, 0.05) is 10.8 Å². The van der Waals surface area contributed by atoms with Crippen LogP contribution in [0.15, 0.2) is 0 Å². The van der Waals surface area contributed by atoms with Gasteiger partial charge in [0.05, 0.1) is 0 Å². The van der Waals surface area contributed by atoms with Crippen molar-refractivity contribution in [3.05, 3.63) is 0 Å². The van der Waals surface area contributed by atoms with E-state index in [4.69, 9.17) is 4.74 Å². The molecule has 0 aliphatic heterocycles. The van der Waals surface area contributed by atoms with Gasteiger partial charge >= 0.3 is 5.97 Å². The molecule has 2 aliphatic carbocycles. The van der Waals surface area contributed by atoms with E-state index in [2.05, 4.69) is 43.4 Å². The zero-order valence-electron chi connectivity index (χ0n) is 10.5. The molecule has 0 saturated heterocycles. The van der Waals surface area contributed by atoms with Crippen LogP contribution in [0.1, 0.15) is 47.0 Å². The Kier molecular flexibility index (Phi) is 3.05. The minimum Gasteiger partial charge on any atom is -0.460 e. The normalized spacial score (nSPS) is 42.1. The number of carbonyl (C=O) groups is 1. The predicted octanol–water partition coefficient (Wildman–Crippen LogP) is 3.57. The molecule has 0 N–H and O–H groups in total. The van der Waals surface area contributed by atoms with E-state index in [-0.39, 0.29) is 26.8 Å². The lowest BCUT2D eigenvalue weighted by molar-refractivity contribution is -0.163. The summed E-state index contributed by atoms with van der Waals surface area (Å²) in [6.45, 7) is 8.71. The molecule has 92 valence electrons. The Bertz CT molecular complexity index is 306. The molecule has 2 saturated carbocycles. The molecule has 0 aromatic rings. The van der Waals surface area contributed by atoms with Crippen LogP contribution < -0.4 is 0 Å². The van der Waals surface area contributed by atoms with Gasteiger partial charge in [0.25, 0.3) is 0 Å². The highest BCUT2D eigenvalue weighted by atomic mass is 127. The van der Waals surface area contributed by atoms with Gasteiger partial charge in [-0.15, -0.1) is 0 Å². The second kappa shape index (κ2) is 3.85. The SMILES string of the molecule is CC(I)C(=O)OC1C2(C)CCC(C2)C1(C)C. The first-order chi connectivity index (χ1) is 7.27. The van der Waals surface area contributed by atoms with Gasteiger partial charge in [-0.25, -0.2) is 0 Å². The van der Waals surface area contributed by atoms with Crippen molar-refractivity contribution in [3.63, 3.8) is 0 Å². The summed E-state index contributed by atoms with van der Waals surface area (Å²) in [6.07, 6.45) is 3.86. The summed E-state index contributed by atoms with van der Waals surface area (Å²) >= 11 is 2.13. The van der Waals surface area contributed by atoms with Gasteiger partial charge in [0.1, 0.15) is 10.0 Å². The van der Waals surface area contributed by atoms with E-state index in [1.165, 1.54) is 19.3 Å². The van der Waals surface area contributed by atoms with Crippen LogP contribution >= 0.6 is 22.6 Å². The zero-order valence-corrected chi connectivity index (χ0v) is 12.7. The molecule has 0 aromatic heterocycles. The largest absolute Gasteiger partial charge is 0.460 e. The fourth-order valence-corrected chi connectivity index (χ4v) is 3.91. The van der Waals surface area contributed by atoms with Gasteiger partial charge in [-0.05, 0) is 32.1 Å². The van der Waals surface area contributed by atoms with Crippen LogP contribution in [0.2, 0.25) is 0 Å². The summed E-state index contributed by atoms with van der Waals surface area (Å²) in [7, 11) is 0. The van der Waals surface area contributed by atoms with Crippen molar-refractivity contribution < 1.29 is 9.53 Å². The first kappa shape index (κ1) is 12.7. The van der Waals surface area contributed by atoms with Gasteiger partial charge in [-0.3, -0.25) is 4.79 Å². The summed E-state index contributed by atoms with van der Waals surface area (Å²) in [6, 6.07) is 0. The molecule has 0 spiro atoms. The summed E-state index contributed by atoms with van der Waals surface area (Å²) in [4.78, 5) is 11.8. The van der Waals surface area contributed by atoms with Gasteiger partial charge in [0.15, 0.2) is 0 Å². The van der Waals surface area contributed by atoms with Crippen LogP contribution in [0.3, 0.4) is 0 Å². The van der Waals surface area contributed by atoms with Crippen molar-refractivity contribution in [2.24, 2.45) is 16.7 Å². The lowest BCUT2D eigenvalue weighted by atomic mass is 9.70. The minimum atomic E-state index is -0.0487. The van der Waals surface area contributed by atoms with E-state index >= 15 is 0 Å². The summed E-state index contributed by atoms with van der Waals surface area (Å²) in [5, 5.41) is 0. The monoisotopic (exact) mass is 336 g/mol. The molecule has 2 aliphatic rings. The lowest BCUT2D eigenvalue weighted by Gasteiger charge is -2.41. The van der Waals surface area contributed by atoms with Crippen LogP contribution in [-0.4, -0.2) is 16.0 Å². The fourth-order valence-electron chi connectivity index (χ4n) is 3.76. The van der Waals surface area contributed by atoms with Crippen LogP contribution in [0.4, 0.5) is 0 Å². The first-order valence-electron chi connectivity index (χ1n) is 6.12. The number of hydrogen-bond acceptors (Lipinski definition) is 2. The maximum absolute atomic E-state index is 11.8. The van der Waals surface area contributed by atoms with Crippen molar-refractivity contribution in [1.82, 2.24) is 0 Å². The molecule has 2 nitrogen and oxygen atoms in total. The second-order valence-corrected chi connectivity index (χ2v) is 8.22. The molecule has 2 fully saturated rings. The molecule has 4 atom stereocenters. The number of ether oxygens (including phenoxy) is 1. The average Bonchev–Trinajstić information content (AvgIpc) is 2.63. The summed E-state index contributed by atoms with van der Waals surface area (Å²) in [5.41, 5.74) is 0.392. The lowest BCUT2D eigenvalue weighted by Crippen LogP contribution is -2.44. The standard InChI is InChI=1S/C13H21IO2/c1-8(14)10(15)16-11-12(2,3)9-5-6-13(11,4)7-9/h8-9,11H,5-7H2,1-4H3. The number of halogens is 1. The fraction of sp³-hybridized carbons (Fsp3) is 0.923. The molecular weight excluding hydrogens is 315 g/mol. The number of fused-ring (bicyclic) bond motifs is 2. The van der Waals surface area contributed by atoms with Crippen molar-refractivity contribution in [1.29, 1.82) is 0 Å². The van der Waals surface area contributed by atoms with E-state index in [0.717, 1.165) is 5.92 Å². The summed E-state index contributed by atoms with van der Waals surface area (Å²) in [5.74, 6) is 0.687. The molecule has 2 rings (SSSR count). The van der Waals surface area contributed by atoms with E-state index in [1.807, 2.05) is 6.92 Å². The number of alkyl halides is 1. The van der Waals surface area contributed by atoms with E-state index in [1.54, 1.807) is 0 Å². The van der Waals surface area contributed by atoms with Crippen molar-refractivity contribution in [2.45, 2.75) is 57.0 Å². The molecule has 4 unspecified atom stereocenters. The molecular formula is C13H21IO2. The molecule has 0 aromatic carbocycles. The number of esters is 1. The smallest absolute Gasteiger partial charge is 0.318 e. The van der Waals surface area contributed by atoms with Crippen molar-refractivity contribution in [2.75, 3.05) is 0 Å². The Hall–Kier alpha value is 0.200. The van der Waals surface area contributed by atoms with Gasteiger partial charge in [0.2, 0.25) is 0 Å². The van der Waals surface area contributed by atoms with E-state index in [0.29, 0.717) is 0 Å². The number of hydrogen-bond donors (Lipinski definition) is 0. The Morgan fingerprint density at radius 1 is 1.44 bits per heavy atom. The van der Waals surface area contributed by atoms with Gasteiger partial charge in [-0.1, -0.05) is 43.4 Å². The molecule has 3 heteroatoms. The summed E-state index contributed by atoms with van der Waals surface area (Å²) < 4.78 is 5.73. The van der Waals surface area contributed by atoms with Crippen molar-refractivity contribution in [3.8, 4) is 0 Å². The highest BCUT2D eigenvalue weighted by molar-refractivity contribution is 14.1. The minimum absolute atomic E-state index is 0.0453. The highest BCUT2D eigenvalue weighted by Crippen LogP contribution is 2.63. The molecule has 0 amide bonds. The maximum atomic E-state index is 11.8.